The van der Waals surface area contributed by atoms with Gasteiger partial charge >= 0.3 is 5.97 Å². The average molecular weight is 463 g/mol. The van der Waals surface area contributed by atoms with Crippen molar-refractivity contribution in [3.05, 3.63) is 56.5 Å². The highest BCUT2D eigenvalue weighted by Crippen LogP contribution is 2.42. The molecule has 0 spiro atoms. The van der Waals surface area contributed by atoms with Gasteiger partial charge in [-0.05, 0) is 36.8 Å². The van der Waals surface area contributed by atoms with Crippen LogP contribution in [-0.4, -0.2) is 29.5 Å². The molecule has 2 aromatic rings. The second kappa shape index (κ2) is 9.46. The van der Waals surface area contributed by atoms with Crippen LogP contribution < -0.4 is 14.8 Å². The Bertz CT molecular complexity index is 880. The highest BCUT2D eigenvalue weighted by Gasteiger charge is 2.31. The quantitative estimate of drug-likeness (QED) is 0.573. The lowest BCUT2D eigenvalue weighted by atomic mass is 10.1. The van der Waals surface area contributed by atoms with Gasteiger partial charge in [-0.25, -0.2) is 0 Å². The molecule has 2 atom stereocenters. The lowest BCUT2D eigenvalue weighted by molar-refractivity contribution is -0.138. The summed E-state index contributed by atoms with van der Waals surface area (Å²) in [5, 5.41) is 13.5. The van der Waals surface area contributed by atoms with E-state index < -0.39 is 12.0 Å². The summed E-state index contributed by atoms with van der Waals surface area (Å²) >= 11 is 20.1. The maximum atomic E-state index is 11.2. The molecule has 28 heavy (non-hydrogen) atoms. The third kappa shape index (κ3) is 4.99. The summed E-state index contributed by atoms with van der Waals surface area (Å²) in [5.74, 6) is 0.521. The minimum absolute atomic E-state index is 0.183. The van der Waals surface area contributed by atoms with E-state index in [1.54, 1.807) is 24.3 Å². The van der Waals surface area contributed by atoms with E-state index in [-0.39, 0.29) is 12.0 Å². The molecule has 1 aliphatic heterocycles. The Morgan fingerprint density at radius 2 is 2.00 bits per heavy atom. The van der Waals surface area contributed by atoms with Gasteiger partial charge in [-0.15, -0.1) is 11.8 Å². The maximum absolute atomic E-state index is 11.2. The maximum Gasteiger partial charge on any atom is 0.321 e. The van der Waals surface area contributed by atoms with Crippen molar-refractivity contribution in [2.75, 3.05) is 12.4 Å². The normalized spacial score (nSPS) is 18.9. The van der Waals surface area contributed by atoms with Gasteiger partial charge < -0.3 is 14.6 Å². The monoisotopic (exact) mass is 461 g/mol. The van der Waals surface area contributed by atoms with Gasteiger partial charge in [0, 0.05) is 21.4 Å². The van der Waals surface area contributed by atoms with Gasteiger partial charge in [-0.3, -0.25) is 10.1 Å². The fraction of sp³-hybridized carbons (Fsp3) is 0.316. The molecular formula is C19H18Cl3NO4S. The highest BCUT2D eigenvalue weighted by atomic mass is 35.5. The molecule has 0 aliphatic carbocycles. The molecule has 0 saturated carbocycles. The number of halogens is 3. The topological polar surface area (TPSA) is 67.8 Å². The molecule has 5 nitrogen and oxygen atoms in total. The number of nitrogens with one attached hydrogen (secondary N) is 1. The first-order chi connectivity index (χ1) is 13.4. The van der Waals surface area contributed by atoms with Crippen LogP contribution in [0, 0.1) is 0 Å². The minimum atomic E-state index is -0.870. The lowest BCUT2D eigenvalue weighted by Crippen LogP contribution is -2.33. The molecule has 0 bridgehead atoms. The molecule has 150 valence electrons. The fourth-order valence-corrected chi connectivity index (χ4v) is 4.69. The largest absolute Gasteiger partial charge is 0.490 e. The van der Waals surface area contributed by atoms with E-state index in [9.17, 15) is 4.79 Å². The molecule has 1 fully saturated rings. The Morgan fingerprint density at radius 1 is 1.21 bits per heavy atom. The number of benzene rings is 2. The fourth-order valence-electron chi connectivity index (χ4n) is 2.74. The van der Waals surface area contributed by atoms with Crippen molar-refractivity contribution in [1.29, 1.82) is 0 Å². The van der Waals surface area contributed by atoms with Crippen molar-refractivity contribution in [2.45, 2.75) is 24.9 Å². The molecule has 2 aromatic carbocycles. The molecule has 1 heterocycles. The van der Waals surface area contributed by atoms with Crippen molar-refractivity contribution in [1.82, 2.24) is 5.32 Å². The minimum Gasteiger partial charge on any atom is -0.490 e. The zero-order chi connectivity index (χ0) is 20.3. The Labute approximate surface area is 182 Å². The Hall–Kier alpha value is -1.31. The predicted octanol–water partition coefficient (Wildman–Crippen LogP) is 5.41. The first-order valence-electron chi connectivity index (χ1n) is 8.52. The molecule has 0 radical (unpaired) electrons. The number of ether oxygens (including phenoxy) is 2. The number of carboxylic acids is 1. The standard InChI is InChI=1S/C19H18Cl3NO4S/c1-2-26-16-6-11(18-23-15(9-28-18)19(24)25)5-14(22)17(16)27-8-10-3-4-12(20)7-13(10)21/h3-7,15,18,23H,2,8-9H2,1H3,(H,24,25). The second-order valence-electron chi connectivity index (χ2n) is 6.06. The van der Waals surface area contributed by atoms with Gasteiger partial charge in [0.2, 0.25) is 0 Å². The summed E-state index contributed by atoms with van der Waals surface area (Å²) in [4.78, 5) is 11.2. The number of rotatable bonds is 7. The van der Waals surface area contributed by atoms with E-state index in [0.29, 0.717) is 38.9 Å². The third-order valence-electron chi connectivity index (χ3n) is 4.10. The molecular weight excluding hydrogens is 445 g/mol. The molecule has 1 saturated heterocycles. The number of aliphatic carboxylic acids is 1. The summed E-state index contributed by atoms with van der Waals surface area (Å²) in [6.45, 7) is 2.50. The predicted molar refractivity (Wildman–Crippen MR) is 113 cm³/mol. The van der Waals surface area contributed by atoms with Crippen LogP contribution in [0.2, 0.25) is 15.1 Å². The summed E-state index contributed by atoms with van der Waals surface area (Å²) in [5.41, 5.74) is 1.60. The van der Waals surface area contributed by atoms with Crippen LogP contribution in [0.1, 0.15) is 23.4 Å². The summed E-state index contributed by atoms with van der Waals surface area (Å²) in [6.07, 6.45) is 0. The van der Waals surface area contributed by atoms with Crippen molar-refractivity contribution in [2.24, 2.45) is 0 Å². The van der Waals surface area contributed by atoms with Gasteiger partial charge in [0.25, 0.3) is 0 Å². The van der Waals surface area contributed by atoms with Crippen molar-refractivity contribution in [3.63, 3.8) is 0 Å². The average Bonchev–Trinajstić information content (AvgIpc) is 3.13. The van der Waals surface area contributed by atoms with E-state index >= 15 is 0 Å². The zero-order valence-electron chi connectivity index (χ0n) is 14.9. The number of carbonyl (C=O) groups is 1. The van der Waals surface area contributed by atoms with E-state index in [4.69, 9.17) is 49.4 Å². The van der Waals surface area contributed by atoms with Crippen molar-refractivity contribution < 1.29 is 19.4 Å². The lowest BCUT2D eigenvalue weighted by Gasteiger charge is -2.18. The zero-order valence-corrected chi connectivity index (χ0v) is 18.0. The van der Waals surface area contributed by atoms with Gasteiger partial charge in [-0.1, -0.05) is 40.9 Å². The van der Waals surface area contributed by atoms with Gasteiger partial charge in [0.1, 0.15) is 12.6 Å². The van der Waals surface area contributed by atoms with Crippen LogP contribution in [-0.2, 0) is 11.4 Å². The second-order valence-corrected chi connectivity index (χ2v) is 8.45. The van der Waals surface area contributed by atoms with Crippen molar-refractivity contribution in [3.8, 4) is 11.5 Å². The number of thioether (sulfide) groups is 1. The number of hydrogen-bond donors (Lipinski definition) is 2. The van der Waals surface area contributed by atoms with E-state index in [1.165, 1.54) is 11.8 Å². The summed E-state index contributed by atoms with van der Waals surface area (Å²) in [6, 6.07) is 8.17. The Morgan fingerprint density at radius 3 is 2.64 bits per heavy atom. The Balaban J connectivity index is 1.82. The van der Waals surface area contributed by atoms with E-state index in [2.05, 4.69) is 5.32 Å². The molecule has 1 aliphatic rings. The van der Waals surface area contributed by atoms with Gasteiger partial charge in [0.15, 0.2) is 11.5 Å². The van der Waals surface area contributed by atoms with E-state index in [0.717, 1.165) is 11.1 Å². The molecule has 3 rings (SSSR count). The molecule has 0 aromatic heterocycles. The van der Waals surface area contributed by atoms with Gasteiger partial charge in [0.05, 0.1) is 17.0 Å². The third-order valence-corrected chi connectivity index (χ3v) is 6.24. The van der Waals surface area contributed by atoms with Crippen LogP contribution in [0.25, 0.3) is 0 Å². The molecule has 2 unspecified atom stereocenters. The Kier molecular flexibility index (Phi) is 7.23. The first-order valence-corrected chi connectivity index (χ1v) is 10.7. The SMILES string of the molecule is CCOc1cc(C2NC(C(=O)O)CS2)cc(Cl)c1OCc1ccc(Cl)cc1Cl. The molecule has 9 heteroatoms. The summed E-state index contributed by atoms with van der Waals surface area (Å²) < 4.78 is 11.6. The van der Waals surface area contributed by atoms with Crippen LogP contribution >= 0.6 is 46.6 Å². The van der Waals surface area contributed by atoms with Crippen LogP contribution in [0.15, 0.2) is 30.3 Å². The number of hydrogen-bond acceptors (Lipinski definition) is 5. The molecule has 0 amide bonds. The van der Waals surface area contributed by atoms with E-state index in [1.807, 2.05) is 13.0 Å². The van der Waals surface area contributed by atoms with Gasteiger partial charge in [-0.2, -0.15) is 0 Å². The van der Waals surface area contributed by atoms with Crippen LogP contribution in [0.5, 0.6) is 11.5 Å². The number of carboxylic acid groups (broad SMARTS) is 1. The smallest absolute Gasteiger partial charge is 0.321 e. The first kappa shape index (κ1) is 21.4. The van der Waals surface area contributed by atoms with Crippen LogP contribution in [0.3, 0.4) is 0 Å². The van der Waals surface area contributed by atoms with Crippen LogP contribution in [0.4, 0.5) is 0 Å². The summed E-state index contributed by atoms with van der Waals surface area (Å²) in [7, 11) is 0. The molecule has 2 N–H and O–H groups in total. The highest BCUT2D eigenvalue weighted by molar-refractivity contribution is 7.99. The van der Waals surface area contributed by atoms with Crippen molar-refractivity contribution >= 4 is 52.5 Å².